The van der Waals surface area contributed by atoms with Crippen molar-refractivity contribution in [3.8, 4) is 67.5 Å². The van der Waals surface area contributed by atoms with E-state index in [0.717, 1.165) is 16.7 Å². The second-order valence-corrected chi connectivity index (χ2v) is 15.2. The summed E-state index contributed by atoms with van der Waals surface area (Å²) in [5, 5.41) is 7.85. The first-order chi connectivity index (χ1) is 27.0. The van der Waals surface area contributed by atoms with Gasteiger partial charge < -0.3 is 0 Å². The van der Waals surface area contributed by atoms with E-state index in [2.05, 4.69) is 153 Å². The monoisotopic (exact) mass is 701 g/mol. The van der Waals surface area contributed by atoms with Crippen LogP contribution in [0.15, 0.2) is 176 Å². The Morgan fingerprint density at radius 2 is 0.855 bits per heavy atom. The minimum absolute atomic E-state index is 0.194. The molecule has 3 nitrogen and oxygen atoms in total. The number of hydrogen-bond acceptors (Lipinski definition) is 3. The van der Waals surface area contributed by atoms with Crippen LogP contribution in [0.25, 0.3) is 99.9 Å². The Morgan fingerprint density at radius 1 is 0.327 bits per heavy atom. The molecule has 1 aromatic heterocycles. The molecular weight excluding hydrogens is 667 g/mol. The van der Waals surface area contributed by atoms with Gasteiger partial charge in [-0.25, -0.2) is 15.0 Å². The minimum Gasteiger partial charge on any atom is -0.208 e. The van der Waals surface area contributed by atoms with Gasteiger partial charge in [-0.1, -0.05) is 172 Å². The average Bonchev–Trinajstić information content (AvgIpc) is 3.48. The van der Waals surface area contributed by atoms with E-state index in [-0.39, 0.29) is 5.41 Å². The van der Waals surface area contributed by atoms with Crippen molar-refractivity contribution in [1.29, 1.82) is 0 Å². The predicted molar refractivity (Wildman–Crippen MR) is 228 cm³/mol. The molecule has 0 radical (unpaired) electrons. The molecule has 9 aromatic carbocycles. The molecule has 0 saturated heterocycles. The lowest BCUT2D eigenvalue weighted by molar-refractivity contribution is 0.660. The predicted octanol–water partition coefficient (Wildman–Crippen LogP) is 13.4. The molecule has 0 saturated carbocycles. The molecule has 1 aliphatic carbocycles. The van der Waals surface area contributed by atoms with E-state index in [4.69, 9.17) is 15.0 Å². The second kappa shape index (κ2) is 12.0. The van der Waals surface area contributed by atoms with Crippen LogP contribution in [0.1, 0.15) is 25.0 Å². The summed E-state index contributed by atoms with van der Waals surface area (Å²) in [6, 6.07) is 63.3. The zero-order valence-corrected chi connectivity index (χ0v) is 30.6. The molecule has 0 aliphatic heterocycles. The summed E-state index contributed by atoms with van der Waals surface area (Å²) in [6.07, 6.45) is 0. The van der Waals surface area contributed by atoms with Gasteiger partial charge >= 0.3 is 0 Å². The summed E-state index contributed by atoms with van der Waals surface area (Å²) < 4.78 is 0. The average molecular weight is 702 g/mol. The van der Waals surface area contributed by atoms with Crippen LogP contribution < -0.4 is 0 Å². The second-order valence-electron chi connectivity index (χ2n) is 15.2. The maximum atomic E-state index is 5.03. The van der Waals surface area contributed by atoms with Crippen LogP contribution in [0.4, 0.5) is 0 Å². The van der Waals surface area contributed by atoms with Gasteiger partial charge in [-0.3, -0.25) is 0 Å². The summed E-state index contributed by atoms with van der Waals surface area (Å²) in [4.78, 5) is 15.0. The van der Waals surface area contributed by atoms with E-state index in [1.165, 1.54) is 76.8 Å². The van der Waals surface area contributed by atoms with Gasteiger partial charge in [-0.15, -0.1) is 0 Å². The topological polar surface area (TPSA) is 38.7 Å². The van der Waals surface area contributed by atoms with Crippen molar-refractivity contribution in [3.05, 3.63) is 187 Å². The number of rotatable bonds is 5. The molecule has 0 fully saturated rings. The van der Waals surface area contributed by atoms with Gasteiger partial charge in [0, 0.05) is 22.1 Å². The van der Waals surface area contributed by atoms with Crippen LogP contribution in [-0.2, 0) is 5.41 Å². The van der Waals surface area contributed by atoms with Crippen LogP contribution in [-0.4, -0.2) is 15.0 Å². The zero-order valence-electron chi connectivity index (χ0n) is 30.6. The summed E-state index contributed by atoms with van der Waals surface area (Å²) in [6.45, 7) is 4.65. The number of hydrogen-bond donors (Lipinski definition) is 0. The van der Waals surface area contributed by atoms with Crippen LogP contribution in [0.5, 0.6) is 0 Å². The quantitative estimate of drug-likeness (QED) is 0.168. The Bertz CT molecular complexity index is 3040. The largest absolute Gasteiger partial charge is 0.208 e. The zero-order chi connectivity index (χ0) is 36.7. The molecule has 0 atom stereocenters. The van der Waals surface area contributed by atoms with E-state index in [0.29, 0.717) is 17.5 Å². The summed E-state index contributed by atoms with van der Waals surface area (Å²) in [7, 11) is 0. The highest BCUT2D eigenvalue weighted by Gasteiger charge is 2.36. The van der Waals surface area contributed by atoms with E-state index >= 15 is 0 Å². The molecule has 55 heavy (non-hydrogen) atoms. The maximum Gasteiger partial charge on any atom is 0.164 e. The first-order valence-electron chi connectivity index (χ1n) is 18.9. The molecule has 0 bridgehead atoms. The van der Waals surface area contributed by atoms with Crippen LogP contribution >= 0.6 is 0 Å². The van der Waals surface area contributed by atoms with Crippen molar-refractivity contribution in [2.45, 2.75) is 19.3 Å². The summed E-state index contributed by atoms with van der Waals surface area (Å²) in [5.74, 6) is 2.01. The Kier molecular flexibility index (Phi) is 6.90. The van der Waals surface area contributed by atoms with E-state index < -0.39 is 0 Å². The third kappa shape index (κ3) is 5.01. The van der Waals surface area contributed by atoms with E-state index in [9.17, 15) is 0 Å². The Labute approximate surface area is 320 Å². The highest BCUT2D eigenvalue weighted by molar-refractivity contribution is 6.25. The molecule has 0 unspecified atom stereocenters. The standard InChI is InChI=1S/C52H35N3/c1-52(2)45-28-24-38(37-17-10-18-39(29-37)41-25-21-34-20-19-32-15-9-16-33-22-27-43(41)48(34)47(32)33)30-44(45)42-26-23-40(31-46(42)52)51-54-49(35-11-5-3-6-12-35)53-50(55-51)36-13-7-4-8-14-36/h3-31H,1-2H3. The Morgan fingerprint density at radius 3 is 1.56 bits per heavy atom. The van der Waals surface area contributed by atoms with Gasteiger partial charge in [0.25, 0.3) is 0 Å². The van der Waals surface area contributed by atoms with E-state index in [1.54, 1.807) is 0 Å². The first kappa shape index (κ1) is 31.5. The Balaban J connectivity index is 0.997. The molecule has 258 valence electrons. The SMILES string of the molecule is CC1(C)c2ccc(-c3cccc(-c4ccc5ccc6cccc7ccc4c5c67)c3)cc2-c2ccc(-c3nc(-c4ccccc4)nc(-c4ccccc4)n3)cc21. The molecule has 0 spiro atoms. The molecule has 0 N–H and O–H groups in total. The van der Waals surface area contributed by atoms with Crippen LogP contribution in [0.2, 0.25) is 0 Å². The number of fused-ring (bicyclic) bond motifs is 3. The van der Waals surface area contributed by atoms with Gasteiger partial charge in [-0.2, -0.15) is 0 Å². The third-order valence-corrected chi connectivity index (χ3v) is 11.7. The molecule has 0 amide bonds. The van der Waals surface area contributed by atoms with Gasteiger partial charge in [0.05, 0.1) is 0 Å². The van der Waals surface area contributed by atoms with Crippen molar-refractivity contribution in [2.24, 2.45) is 0 Å². The van der Waals surface area contributed by atoms with Crippen molar-refractivity contribution in [1.82, 2.24) is 15.0 Å². The maximum absolute atomic E-state index is 5.03. The van der Waals surface area contributed by atoms with Gasteiger partial charge in [-0.05, 0) is 95.0 Å². The Hall–Kier alpha value is -6.97. The highest BCUT2D eigenvalue weighted by Crippen LogP contribution is 2.51. The van der Waals surface area contributed by atoms with Crippen molar-refractivity contribution in [2.75, 3.05) is 0 Å². The highest BCUT2D eigenvalue weighted by atomic mass is 15.0. The molecule has 10 aromatic rings. The normalized spacial score (nSPS) is 13.1. The molecule has 1 heterocycles. The van der Waals surface area contributed by atoms with E-state index in [1.807, 2.05) is 36.4 Å². The molecule has 3 heteroatoms. The summed E-state index contributed by atoms with van der Waals surface area (Å²) in [5.41, 5.74) is 12.8. The van der Waals surface area contributed by atoms with Crippen LogP contribution in [0, 0.1) is 0 Å². The van der Waals surface area contributed by atoms with Gasteiger partial charge in [0.1, 0.15) is 0 Å². The van der Waals surface area contributed by atoms with Crippen LogP contribution in [0.3, 0.4) is 0 Å². The number of nitrogens with zero attached hydrogens (tertiary/aromatic N) is 3. The lowest BCUT2D eigenvalue weighted by Crippen LogP contribution is -2.15. The third-order valence-electron chi connectivity index (χ3n) is 11.7. The minimum atomic E-state index is -0.194. The van der Waals surface area contributed by atoms with Gasteiger partial charge in [0.15, 0.2) is 17.5 Å². The lowest BCUT2D eigenvalue weighted by Gasteiger charge is -2.22. The number of benzene rings is 9. The van der Waals surface area contributed by atoms with Crippen molar-refractivity contribution < 1.29 is 0 Å². The smallest absolute Gasteiger partial charge is 0.164 e. The first-order valence-corrected chi connectivity index (χ1v) is 18.9. The number of aromatic nitrogens is 3. The lowest BCUT2D eigenvalue weighted by atomic mass is 9.81. The fourth-order valence-electron chi connectivity index (χ4n) is 8.86. The fraction of sp³-hybridized carbons (Fsp3) is 0.0577. The van der Waals surface area contributed by atoms with Crippen molar-refractivity contribution in [3.63, 3.8) is 0 Å². The van der Waals surface area contributed by atoms with Crippen molar-refractivity contribution >= 4 is 32.3 Å². The summed E-state index contributed by atoms with van der Waals surface area (Å²) >= 11 is 0. The fourth-order valence-corrected chi connectivity index (χ4v) is 8.86. The molecular formula is C52H35N3. The molecule has 11 rings (SSSR count). The molecule has 1 aliphatic rings. The van der Waals surface area contributed by atoms with Gasteiger partial charge in [0.2, 0.25) is 0 Å².